The molecule has 0 heterocycles. The second-order valence-electron chi connectivity index (χ2n) is 1.13. The summed E-state index contributed by atoms with van der Waals surface area (Å²) in [6.07, 6.45) is 0. The third kappa shape index (κ3) is 5.43. The van der Waals surface area contributed by atoms with Crippen molar-refractivity contribution in [3.05, 3.63) is 0 Å². The molecule has 0 fully saturated rings. The molecule has 0 radical (unpaired) electrons. The van der Waals surface area contributed by atoms with E-state index < -0.39 is 12.0 Å². The smallest absolute Gasteiger partial charge is 0.320 e. The van der Waals surface area contributed by atoms with Gasteiger partial charge in [-0.05, 0) is 6.92 Å². The minimum Gasteiger partial charge on any atom is -0.480 e. The van der Waals surface area contributed by atoms with Gasteiger partial charge in [0.15, 0.2) is 0 Å². The first-order valence-corrected chi connectivity index (χ1v) is 1.63. The molecular formula is C4H11NO2. The van der Waals surface area contributed by atoms with Crippen LogP contribution >= 0.6 is 0 Å². The predicted molar refractivity (Wildman–Crippen MR) is 28.0 cm³/mol. The van der Waals surface area contributed by atoms with Crippen LogP contribution < -0.4 is 5.73 Å². The number of nitrogens with two attached hydrogens (primary N) is 1. The summed E-state index contributed by atoms with van der Waals surface area (Å²) in [5.74, 6) is -0.963. The van der Waals surface area contributed by atoms with Gasteiger partial charge in [-0.15, -0.1) is 0 Å². The average molecular weight is 105 g/mol. The van der Waals surface area contributed by atoms with Crippen LogP contribution in [0, 0.1) is 0 Å². The summed E-state index contributed by atoms with van der Waals surface area (Å²) >= 11 is 0. The molecule has 3 nitrogen and oxygen atoms in total. The number of carbonyl (C=O) groups is 1. The Hall–Kier alpha value is -0.570. The lowest BCUT2D eigenvalue weighted by Gasteiger charge is -1.90. The highest BCUT2D eigenvalue weighted by molar-refractivity contribution is 5.72. The van der Waals surface area contributed by atoms with Crippen LogP contribution in [0.1, 0.15) is 14.4 Å². The molecule has 0 saturated carbocycles. The molecule has 0 aliphatic rings. The average Bonchev–Trinajstić information content (AvgIpc) is 1.36. The molecule has 3 N–H and O–H groups in total. The number of carboxylic acids is 1. The van der Waals surface area contributed by atoms with Crippen molar-refractivity contribution in [3.8, 4) is 0 Å². The molecule has 3 heteroatoms. The lowest BCUT2D eigenvalue weighted by atomic mass is 10.4. The molecule has 0 aromatic heterocycles. The lowest BCUT2D eigenvalue weighted by molar-refractivity contribution is -0.138. The van der Waals surface area contributed by atoms with Gasteiger partial charge < -0.3 is 10.8 Å². The zero-order chi connectivity index (χ0) is 5.15. The van der Waals surface area contributed by atoms with Crippen LogP contribution in [-0.4, -0.2) is 17.1 Å². The highest BCUT2D eigenvalue weighted by Crippen LogP contribution is 1.68. The Morgan fingerprint density at radius 1 is 1.86 bits per heavy atom. The van der Waals surface area contributed by atoms with Gasteiger partial charge in [0.2, 0.25) is 0 Å². The predicted octanol–water partition coefficient (Wildman–Crippen LogP) is 0.0543. The van der Waals surface area contributed by atoms with Gasteiger partial charge in [-0.2, -0.15) is 0 Å². The number of aliphatic carboxylic acids is 1. The molecule has 1 atom stereocenters. The summed E-state index contributed by atoms with van der Waals surface area (Å²) in [7, 11) is 0. The minimum absolute atomic E-state index is 0. The van der Waals surface area contributed by atoms with Gasteiger partial charge >= 0.3 is 5.97 Å². The molecule has 1 unspecified atom stereocenters. The van der Waals surface area contributed by atoms with Crippen molar-refractivity contribution in [2.75, 3.05) is 0 Å². The topological polar surface area (TPSA) is 63.3 Å². The molecule has 0 saturated heterocycles. The number of hydrogen-bond acceptors (Lipinski definition) is 2. The van der Waals surface area contributed by atoms with Crippen LogP contribution in [0.4, 0.5) is 0 Å². The van der Waals surface area contributed by atoms with Gasteiger partial charge in [-0.3, -0.25) is 4.79 Å². The molecule has 0 bridgehead atoms. The van der Waals surface area contributed by atoms with E-state index in [9.17, 15) is 4.79 Å². The van der Waals surface area contributed by atoms with Gasteiger partial charge in [0.1, 0.15) is 6.04 Å². The number of rotatable bonds is 1. The van der Waals surface area contributed by atoms with E-state index >= 15 is 0 Å². The van der Waals surface area contributed by atoms with E-state index in [0.717, 1.165) is 0 Å². The first kappa shape index (κ1) is 9.66. The number of carboxylic acid groups (broad SMARTS) is 1. The Bertz CT molecular complexity index is 60.7. The van der Waals surface area contributed by atoms with Crippen molar-refractivity contribution >= 4 is 5.97 Å². The summed E-state index contributed by atoms with van der Waals surface area (Å²) in [5.41, 5.74) is 4.84. The molecule has 0 spiro atoms. The SMILES string of the molecule is C.CC(N)C(=O)O. The van der Waals surface area contributed by atoms with E-state index in [-0.39, 0.29) is 7.43 Å². The molecule has 7 heavy (non-hydrogen) atoms. The molecule has 0 amide bonds. The van der Waals surface area contributed by atoms with Gasteiger partial charge in [0, 0.05) is 0 Å². The third-order valence-corrected chi connectivity index (χ3v) is 0.390. The van der Waals surface area contributed by atoms with E-state index in [1.54, 1.807) is 0 Å². The molecule has 0 aliphatic carbocycles. The van der Waals surface area contributed by atoms with E-state index in [4.69, 9.17) is 10.8 Å². The second kappa shape index (κ2) is 3.61. The van der Waals surface area contributed by atoms with Crippen LogP contribution in [0.15, 0.2) is 0 Å². The first-order valence-electron chi connectivity index (χ1n) is 1.63. The fraction of sp³-hybridized carbons (Fsp3) is 0.750. The van der Waals surface area contributed by atoms with Crippen LogP contribution in [-0.2, 0) is 4.79 Å². The summed E-state index contributed by atoms with van der Waals surface area (Å²) in [5, 5.41) is 7.87. The molecule has 0 aliphatic heterocycles. The molecular weight excluding hydrogens is 94.0 g/mol. The monoisotopic (exact) mass is 105 g/mol. The Labute approximate surface area is 43.1 Å². The first-order chi connectivity index (χ1) is 2.64. The third-order valence-electron chi connectivity index (χ3n) is 0.390. The zero-order valence-corrected chi connectivity index (χ0v) is 3.51. The van der Waals surface area contributed by atoms with Crippen molar-refractivity contribution in [1.29, 1.82) is 0 Å². The highest BCUT2D eigenvalue weighted by Gasteiger charge is 1.99. The highest BCUT2D eigenvalue weighted by atomic mass is 16.4. The van der Waals surface area contributed by atoms with Gasteiger partial charge in [-0.25, -0.2) is 0 Å². The summed E-state index contributed by atoms with van der Waals surface area (Å²) in [4.78, 5) is 9.57. The quantitative estimate of drug-likeness (QED) is 0.495. The van der Waals surface area contributed by atoms with Crippen molar-refractivity contribution < 1.29 is 9.90 Å². The Morgan fingerprint density at radius 3 is 2.00 bits per heavy atom. The van der Waals surface area contributed by atoms with Crippen molar-refractivity contribution in [3.63, 3.8) is 0 Å². The van der Waals surface area contributed by atoms with Crippen molar-refractivity contribution in [2.24, 2.45) is 5.73 Å². The minimum atomic E-state index is -0.963. The second-order valence-corrected chi connectivity index (χ2v) is 1.13. The van der Waals surface area contributed by atoms with Gasteiger partial charge in [0.05, 0.1) is 0 Å². The molecule has 0 aromatic rings. The normalized spacial score (nSPS) is 11.7. The number of hydrogen-bond donors (Lipinski definition) is 2. The van der Waals surface area contributed by atoms with E-state index in [1.165, 1.54) is 6.92 Å². The largest absolute Gasteiger partial charge is 0.480 e. The maximum Gasteiger partial charge on any atom is 0.320 e. The summed E-state index contributed by atoms with van der Waals surface area (Å²) in [6.45, 7) is 1.42. The fourth-order valence-electron chi connectivity index (χ4n) is 0. The fourth-order valence-corrected chi connectivity index (χ4v) is 0. The molecule has 0 rings (SSSR count). The Morgan fingerprint density at radius 2 is 2.00 bits per heavy atom. The van der Waals surface area contributed by atoms with Crippen LogP contribution in [0.2, 0.25) is 0 Å². The Balaban J connectivity index is 0. The lowest BCUT2D eigenvalue weighted by Crippen LogP contribution is -2.25. The van der Waals surface area contributed by atoms with Crippen molar-refractivity contribution in [1.82, 2.24) is 0 Å². The van der Waals surface area contributed by atoms with E-state index in [0.29, 0.717) is 0 Å². The van der Waals surface area contributed by atoms with Crippen LogP contribution in [0.25, 0.3) is 0 Å². The standard InChI is InChI=1S/C3H7NO2.CH4/c1-2(4)3(5)6;/h2H,4H2,1H3,(H,5,6);1H4. The van der Waals surface area contributed by atoms with E-state index in [1.807, 2.05) is 0 Å². The van der Waals surface area contributed by atoms with Gasteiger partial charge in [-0.1, -0.05) is 7.43 Å². The molecule has 44 valence electrons. The maximum absolute atomic E-state index is 9.57. The van der Waals surface area contributed by atoms with Crippen molar-refractivity contribution in [2.45, 2.75) is 20.4 Å². The molecule has 0 aromatic carbocycles. The van der Waals surface area contributed by atoms with Crippen LogP contribution in [0.3, 0.4) is 0 Å². The maximum atomic E-state index is 9.57. The zero-order valence-electron chi connectivity index (χ0n) is 3.51. The summed E-state index contributed by atoms with van der Waals surface area (Å²) in [6, 6.07) is -0.731. The van der Waals surface area contributed by atoms with Gasteiger partial charge in [0.25, 0.3) is 0 Å². The Kier molecular flexibility index (Phi) is 4.99. The van der Waals surface area contributed by atoms with E-state index in [2.05, 4.69) is 0 Å². The van der Waals surface area contributed by atoms with Crippen LogP contribution in [0.5, 0.6) is 0 Å². The summed E-state index contributed by atoms with van der Waals surface area (Å²) < 4.78 is 0.